The SMILES string of the molecule is CCCC(NC(=O)[C@@H]1C[C@@]2(CN1C(=O)[C@@H](NC(=O)[C@@H](NC(=O)[C@H]1CCN(C(C)C)C1)C1CCCCC1)C(C)(C)C)C(C)(C)C21CCC1)C(=O)C(=O)NC1CC1. The monoisotopic (exact) mass is 767 g/mol. The van der Waals surface area contributed by atoms with Crippen LogP contribution in [0, 0.1) is 33.5 Å². The molecule has 0 aromatic heterocycles. The third kappa shape index (κ3) is 7.83. The number of nitrogens with zero attached hydrogens (tertiary/aromatic N) is 2. The van der Waals surface area contributed by atoms with Crippen LogP contribution in [0.1, 0.15) is 145 Å². The predicted molar refractivity (Wildman–Crippen MR) is 210 cm³/mol. The Morgan fingerprint density at radius 1 is 0.818 bits per heavy atom. The zero-order chi connectivity index (χ0) is 40.1. The number of likely N-dealkylation sites (tertiary alicyclic amines) is 2. The molecule has 6 rings (SSSR count). The van der Waals surface area contributed by atoms with Gasteiger partial charge in [0.25, 0.3) is 5.91 Å². The number of hydrogen-bond acceptors (Lipinski definition) is 7. The predicted octanol–water partition coefficient (Wildman–Crippen LogP) is 4.24. The van der Waals surface area contributed by atoms with Gasteiger partial charge in [0.05, 0.1) is 12.0 Å². The lowest BCUT2D eigenvalue weighted by atomic mass is 9.73. The number of ketones is 1. The fourth-order valence-electron chi connectivity index (χ4n) is 11.2. The summed E-state index contributed by atoms with van der Waals surface area (Å²) in [6.45, 7) is 18.4. The van der Waals surface area contributed by atoms with E-state index in [4.69, 9.17) is 0 Å². The summed E-state index contributed by atoms with van der Waals surface area (Å²) in [7, 11) is 0. The van der Waals surface area contributed by atoms with Gasteiger partial charge in [0.1, 0.15) is 18.1 Å². The number of rotatable bonds is 14. The molecule has 0 aromatic rings. The van der Waals surface area contributed by atoms with E-state index >= 15 is 4.79 Å². The summed E-state index contributed by atoms with van der Waals surface area (Å²) in [6, 6.07) is -3.21. The first-order chi connectivity index (χ1) is 25.9. The number of hydrogen-bond donors (Lipinski definition) is 4. The Morgan fingerprint density at radius 2 is 1.49 bits per heavy atom. The average Bonchev–Trinajstić information content (AvgIpc) is 3.78. The van der Waals surface area contributed by atoms with E-state index in [1.165, 1.54) is 0 Å². The largest absolute Gasteiger partial charge is 0.347 e. The molecule has 4 aliphatic carbocycles. The van der Waals surface area contributed by atoms with Crippen molar-refractivity contribution in [2.24, 2.45) is 33.5 Å². The van der Waals surface area contributed by atoms with Crippen molar-refractivity contribution < 1.29 is 28.8 Å². The van der Waals surface area contributed by atoms with Crippen LogP contribution in [-0.2, 0) is 28.8 Å². The topological polar surface area (TPSA) is 157 Å². The fourth-order valence-corrected chi connectivity index (χ4v) is 11.2. The van der Waals surface area contributed by atoms with Gasteiger partial charge in [-0.25, -0.2) is 0 Å². The van der Waals surface area contributed by atoms with E-state index in [-0.39, 0.29) is 51.8 Å². The molecule has 6 aliphatic rings. The number of fused-ring (bicyclic) bond motifs is 1. The molecular formula is C43H70N6O6. The molecule has 2 heterocycles. The molecule has 4 N–H and O–H groups in total. The fraction of sp³-hybridized carbons (Fsp3) is 0.860. The van der Waals surface area contributed by atoms with Crippen molar-refractivity contribution in [2.45, 2.75) is 182 Å². The number of nitrogens with one attached hydrogen (secondary N) is 4. The minimum Gasteiger partial charge on any atom is -0.347 e. The van der Waals surface area contributed by atoms with E-state index in [0.717, 1.165) is 77.2 Å². The van der Waals surface area contributed by atoms with Gasteiger partial charge in [0, 0.05) is 30.6 Å². The van der Waals surface area contributed by atoms with Crippen LogP contribution >= 0.6 is 0 Å². The average molecular weight is 767 g/mol. The highest BCUT2D eigenvalue weighted by Crippen LogP contribution is 2.88. The third-order valence-electron chi connectivity index (χ3n) is 15.2. The third-order valence-corrected chi connectivity index (χ3v) is 15.2. The highest BCUT2D eigenvalue weighted by atomic mass is 16.2. The van der Waals surface area contributed by atoms with Gasteiger partial charge in [0.2, 0.25) is 29.4 Å². The molecular weight excluding hydrogens is 697 g/mol. The van der Waals surface area contributed by atoms with E-state index in [1.54, 1.807) is 4.90 Å². The molecule has 0 radical (unpaired) electrons. The van der Waals surface area contributed by atoms with Crippen LogP contribution < -0.4 is 21.3 Å². The quantitative estimate of drug-likeness (QED) is 0.193. The van der Waals surface area contributed by atoms with Crippen molar-refractivity contribution in [2.75, 3.05) is 19.6 Å². The van der Waals surface area contributed by atoms with Gasteiger partial charge in [0.15, 0.2) is 0 Å². The molecule has 0 aromatic carbocycles. The van der Waals surface area contributed by atoms with Crippen LogP contribution in [0.25, 0.3) is 0 Å². The number of carbonyl (C=O) groups is 6. The van der Waals surface area contributed by atoms with Gasteiger partial charge in [-0.2, -0.15) is 0 Å². The van der Waals surface area contributed by atoms with Crippen LogP contribution in [0.3, 0.4) is 0 Å². The van der Waals surface area contributed by atoms with Gasteiger partial charge in [-0.1, -0.05) is 73.6 Å². The minimum atomic E-state index is -0.986. The Hall–Kier alpha value is -3.02. The minimum absolute atomic E-state index is 0.0153. The highest BCUT2D eigenvalue weighted by Gasteiger charge is 2.85. The van der Waals surface area contributed by atoms with E-state index < -0.39 is 47.2 Å². The second-order valence-corrected chi connectivity index (χ2v) is 20.1. The summed E-state index contributed by atoms with van der Waals surface area (Å²) in [6.07, 6.45) is 11.8. The standard InChI is InChI=1S/C43H70N6O6/c1-9-14-30(33(50)38(54)44-29-17-18-29)45-36(52)31-23-43(41(7,8)42(43)20-13-21-42)25-49(31)39(55)34(40(4,5)6)47-37(53)32(27-15-11-10-12-16-27)46-35(51)28-19-22-48(24-28)26(2)3/h26-32,34H,9-25H2,1-8H3,(H,44,54)(H,45,52)(H,46,51)(H,47,53)/t28-,30?,31-,32-,34+,43+/m0/s1. The molecule has 12 nitrogen and oxygen atoms in total. The Kier molecular flexibility index (Phi) is 11.9. The van der Waals surface area contributed by atoms with Gasteiger partial charge in [-0.05, 0) is 100 Å². The van der Waals surface area contributed by atoms with Crippen molar-refractivity contribution in [1.29, 1.82) is 0 Å². The van der Waals surface area contributed by atoms with E-state index in [1.807, 2.05) is 27.7 Å². The zero-order valence-corrected chi connectivity index (χ0v) is 35.0. The van der Waals surface area contributed by atoms with Gasteiger partial charge in [-0.15, -0.1) is 0 Å². The van der Waals surface area contributed by atoms with Crippen molar-refractivity contribution in [3.63, 3.8) is 0 Å². The summed E-state index contributed by atoms with van der Waals surface area (Å²) in [5, 5.41) is 12.0. The molecule has 6 fully saturated rings. The summed E-state index contributed by atoms with van der Waals surface area (Å²) < 4.78 is 0. The van der Waals surface area contributed by atoms with Crippen molar-refractivity contribution in [3.8, 4) is 0 Å². The molecule has 5 amide bonds. The molecule has 6 atom stereocenters. The maximum atomic E-state index is 15.1. The summed E-state index contributed by atoms with van der Waals surface area (Å²) >= 11 is 0. The second kappa shape index (κ2) is 15.7. The lowest BCUT2D eigenvalue weighted by molar-refractivity contribution is -0.145. The first-order valence-electron chi connectivity index (χ1n) is 21.7. The second-order valence-electron chi connectivity index (χ2n) is 20.1. The maximum Gasteiger partial charge on any atom is 0.289 e. The molecule has 2 saturated heterocycles. The summed E-state index contributed by atoms with van der Waals surface area (Å²) in [4.78, 5) is 88.0. The lowest BCUT2D eigenvalue weighted by Crippen LogP contribution is -2.62. The summed E-state index contributed by atoms with van der Waals surface area (Å²) in [5.41, 5.74) is -1.03. The maximum absolute atomic E-state index is 15.1. The lowest BCUT2D eigenvalue weighted by Gasteiger charge is -2.38. The van der Waals surface area contributed by atoms with Crippen LogP contribution in [0.4, 0.5) is 0 Å². The molecule has 2 aliphatic heterocycles. The first-order valence-corrected chi connectivity index (χ1v) is 21.7. The molecule has 55 heavy (non-hydrogen) atoms. The van der Waals surface area contributed by atoms with Gasteiger partial charge < -0.3 is 31.1 Å². The normalized spacial score (nSPS) is 29.0. The van der Waals surface area contributed by atoms with Crippen LogP contribution in [0.15, 0.2) is 0 Å². The molecule has 4 saturated carbocycles. The van der Waals surface area contributed by atoms with Crippen LogP contribution in [0.5, 0.6) is 0 Å². The molecule has 308 valence electrons. The summed E-state index contributed by atoms with van der Waals surface area (Å²) in [5.74, 6) is -2.74. The smallest absolute Gasteiger partial charge is 0.289 e. The Bertz CT molecular complexity index is 1510. The van der Waals surface area contributed by atoms with Crippen LogP contribution in [-0.4, -0.2) is 101 Å². The Morgan fingerprint density at radius 3 is 2.02 bits per heavy atom. The molecule has 2 spiro atoms. The van der Waals surface area contributed by atoms with E-state index in [0.29, 0.717) is 38.4 Å². The molecule has 12 heteroatoms. The van der Waals surface area contributed by atoms with Gasteiger partial charge >= 0.3 is 0 Å². The van der Waals surface area contributed by atoms with Crippen molar-refractivity contribution >= 4 is 35.3 Å². The number of carbonyl (C=O) groups excluding carboxylic acids is 6. The Labute approximate surface area is 329 Å². The Balaban J connectivity index is 1.24. The number of amides is 5. The zero-order valence-electron chi connectivity index (χ0n) is 35.0. The molecule has 0 bridgehead atoms. The van der Waals surface area contributed by atoms with Crippen molar-refractivity contribution in [1.82, 2.24) is 31.1 Å². The van der Waals surface area contributed by atoms with E-state index in [2.05, 4.69) is 53.9 Å². The highest BCUT2D eigenvalue weighted by molar-refractivity contribution is 6.38. The van der Waals surface area contributed by atoms with Gasteiger partial charge in [-0.3, -0.25) is 28.8 Å². The number of Topliss-reactive ketones (excluding diaryl/α,β-unsaturated/α-hetero) is 1. The van der Waals surface area contributed by atoms with Crippen molar-refractivity contribution in [3.05, 3.63) is 0 Å². The molecule has 1 unspecified atom stereocenters. The van der Waals surface area contributed by atoms with E-state index in [9.17, 15) is 24.0 Å². The first kappa shape index (κ1) is 41.6. The van der Waals surface area contributed by atoms with Crippen LogP contribution in [0.2, 0.25) is 0 Å².